The molecular weight excluding hydrogens is 443 g/mol. The van der Waals surface area contributed by atoms with E-state index in [1.54, 1.807) is 7.11 Å². The van der Waals surface area contributed by atoms with Gasteiger partial charge in [0.05, 0.1) is 19.8 Å². The lowest BCUT2D eigenvalue weighted by Crippen LogP contribution is -2.42. The molecule has 1 atom stereocenters. The summed E-state index contributed by atoms with van der Waals surface area (Å²) in [4.78, 5) is 9.35. The molecule has 1 rings (SSSR count). The normalized spacial score (nSPS) is 18.1. The molecule has 0 saturated carbocycles. The molecule has 0 bridgehead atoms. The second kappa shape index (κ2) is 14.9. The fourth-order valence-corrected chi connectivity index (χ4v) is 3.46. The van der Waals surface area contributed by atoms with Crippen molar-refractivity contribution in [2.45, 2.75) is 52.6 Å². The Morgan fingerprint density at radius 2 is 1.92 bits per heavy atom. The van der Waals surface area contributed by atoms with Crippen molar-refractivity contribution in [1.82, 2.24) is 15.1 Å². The SMILES string of the molecule is CN=C(NCCCN(C(C)C)C(C)C)N1CCC(COCCOC)C1.I. The van der Waals surface area contributed by atoms with E-state index in [0.29, 0.717) is 31.2 Å². The van der Waals surface area contributed by atoms with Crippen LogP contribution in [0.2, 0.25) is 0 Å². The van der Waals surface area contributed by atoms with E-state index in [0.717, 1.165) is 45.2 Å². The van der Waals surface area contributed by atoms with Gasteiger partial charge in [-0.15, -0.1) is 24.0 Å². The maximum atomic E-state index is 5.67. The third-order valence-corrected chi connectivity index (χ3v) is 4.79. The van der Waals surface area contributed by atoms with Crippen LogP contribution in [0.3, 0.4) is 0 Å². The van der Waals surface area contributed by atoms with Gasteiger partial charge in [-0.1, -0.05) is 0 Å². The molecule has 1 fully saturated rings. The number of nitrogens with one attached hydrogen (secondary N) is 1. The molecule has 1 unspecified atom stereocenters. The zero-order chi connectivity index (χ0) is 18.7. The number of rotatable bonds is 11. The fourth-order valence-electron chi connectivity index (χ4n) is 3.46. The standard InChI is InChI=1S/C19H40N4O2.HI/c1-16(2)23(17(3)4)10-7-9-21-19(20-5)22-11-8-18(14-22)15-25-13-12-24-6;/h16-18H,7-15H2,1-6H3,(H,20,21);1H. The lowest BCUT2D eigenvalue weighted by molar-refractivity contribution is 0.0536. The molecule has 0 aliphatic carbocycles. The molecule has 0 aromatic rings. The number of nitrogens with zero attached hydrogens (tertiary/aromatic N) is 3. The van der Waals surface area contributed by atoms with Crippen LogP contribution < -0.4 is 5.32 Å². The Morgan fingerprint density at radius 3 is 2.50 bits per heavy atom. The molecule has 26 heavy (non-hydrogen) atoms. The van der Waals surface area contributed by atoms with Crippen LogP contribution in [0.1, 0.15) is 40.5 Å². The number of likely N-dealkylation sites (tertiary alicyclic amines) is 1. The quantitative estimate of drug-likeness (QED) is 0.212. The second-order valence-corrected chi connectivity index (χ2v) is 7.42. The van der Waals surface area contributed by atoms with E-state index in [2.05, 4.69) is 47.8 Å². The van der Waals surface area contributed by atoms with Gasteiger partial charge in [-0.05, 0) is 40.5 Å². The van der Waals surface area contributed by atoms with E-state index in [-0.39, 0.29) is 24.0 Å². The van der Waals surface area contributed by atoms with Crippen molar-refractivity contribution in [3.8, 4) is 0 Å². The van der Waals surface area contributed by atoms with Crippen LogP contribution >= 0.6 is 24.0 Å². The van der Waals surface area contributed by atoms with Gasteiger partial charge in [0.2, 0.25) is 0 Å². The van der Waals surface area contributed by atoms with E-state index >= 15 is 0 Å². The molecule has 1 heterocycles. The van der Waals surface area contributed by atoms with Crippen molar-refractivity contribution < 1.29 is 9.47 Å². The van der Waals surface area contributed by atoms with Crippen molar-refractivity contribution >= 4 is 29.9 Å². The molecule has 1 aliphatic rings. The fraction of sp³-hybridized carbons (Fsp3) is 0.947. The van der Waals surface area contributed by atoms with Gasteiger partial charge in [0.1, 0.15) is 0 Å². The van der Waals surface area contributed by atoms with E-state index in [9.17, 15) is 0 Å². The van der Waals surface area contributed by atoms with Gasteiger partial charge in [0, 0.05) is 58.3 Å². The van der Waals surface area contributed by atoms with Gasteiger partial charge in [0.15, 0.2) is 5.96 Å². The Hall–Kier alpha value is -0.120. The molecule has 0 aromatic heterocycles. The second-order valence-electron chi connectivity index (χ2n) is 7.42. The van der Waals surface area contributed by atoms with Gasteiger partial charge in [-0.3, -0.25) is 9.89 Å². The van der Waals surface area contributed by atoms with E-state index < -0.39 is 0 Å². The maximum Gasteiger partial charge on any atom is 0.193 e. The van der Waals surface area contributed by atoms with Crippen LogP contribution in [0.25, 0.3) is 0 Å². The third-order valence-electron chi connectivity index (χ3n) is 4.79. The van der Waals surface area contributed by atoms with E-state index in [1.807, 2.05) is 7.05 Å². The smallest absolute Gasteiger partial charge is 0.193 e. The Bertz CT molecular complexity index is 373. The number of guanidine groups is 1. The average molecular weight is 484 g/mol. The first-order valence-corrected chi connectivity index (χ1v) is 9.77. The maximum absolute atomic E-state index is 5.67. The van der Waals surface area contributed by atoms with Gasteiger partial charge < -0.3 is 19.7 Å². The van der Waals surface area contributed by atoms with Crippen LogP contribution in [0, 0.1) is 5.92 Å². The van der Waals surface area contributed by atoms with Gasteiger partial charge >= 0.3 is 0 Å². The molecule has 0 amide bonds. The van der Waals surface area contributed by atoms with Crippen molar-refractivity contribution in [3.63, 3.8) is 0 Å². The minimum atomic E-state index is 0. The van der Waals surface area contributed by atoms with Crippen molar-refractivity contribution in [2.75, 3.05) is 60.2 Å². The molecule has 156 valence electrons. The number of hydrogen-bond donors (Lipinski definition) is 1. The summed E-state index contributed by atoms with van der Waals surface area (Å²) in [5.74, 6) is 1.62. The lowest BCUT2D eigenvalue weighted by atomic mass is 10.1. The first kappa shape index (κ1) is 25.9. The number of aliphatic imine (C=N–C) groups is 1. The molecule has 6 nitrogen and oxygen atoms in total. The molecule has 7 heteroatoms. The van der Waals surface area contributed by atoms with Gasteiger partial charge in [0.25, 0.3) is 0 Å². The summed E-state index contributed by atoms with van der Waals surface area (Å²) >= 11 is 0. The Kier molecular flexibility index (Phi) is 14.8. The van der Waals surface area contributed by atoms with Crippen LogP contribution in [-0.4, -0.2) is 88.0 Å². The number of hydrogen-bond acceptors (Lipinski definition) is 4. The van der Waals surface area contributed by atoms with Crippen LogP contribution in [0.4, 0.5) is 0 Å². The van der Waals surface area contributed by atoms with Crippen LogP contribution in [0.15, 0.2) is 4.99 Å². The molecule has 1 aliphatic heterocycles. The number of methoxy groups -OCH3 is 1. The number of halogens is 1. The summed E-state index contributed by atoms with van der Waals surface area (Å²) in [7, 11) is 3.58. The van der Waals surface area contributed by atoms with Crippen molar-refractivity contribution in [3.05, 3.63) is 0 Å². The zero-order valence-corrected chi connectivity index (χ0v) is 20.0. The molecule has 0 aromatic carbocycles. The summed E-state index contributed by atoms with van der Waals surface area (Å²) in [6.07, 6.45) is 2.30. The van der Waals surface area contributed by atoms with E-state index in [4.69, 9.17) is 9.47 Å². The molecule has 1 N–H and O–H groups in total. The summed E-state index contributed by atoms with van der Waals surface area (Å²) in [6, 6.07) is 1.19. The van der Waals surface area contributed by atoms with Crippen molar-refractivity contribution in [1.29, 1.82) is 0 Å². The summed E-state index contributed by atoms with van der Waals surface area (Å²) in [6.45, 7) is 15.4. The predicted octanol–water partition coefficient (Wildman–Crippen LogP) is 2.67. The monoisotopic (exact) mass is 484 g/mol. The Morgan fingerprint density at radius 1 is 1.23 bits per heavy atom. The van der Waals surface area contributed by atoms with E-state index in [1.165, 1.54) is 6.42 Å². The highest BCUT2D eigenvalue weighted by Gasteiger charge is 2.24. The minimum absolute atomic E-state index is 0. The van der Waals surface area contributed by atoms with Gasteiger partial charge in [-0.25, -0.2) is 0 Å². The summed E-state index contributed by atoms with van der Waals surface area (Å²) in [5, 5.41) is 3.53. The molecule has 1 saturated heterocycles. The first-order valence-electron chi connectivity index (χ1n) is 9.77. The summed E-state index contributed by atoms with van der Waals surface area (Å²) in [5.41, 5.74) is 0. The number of ether oxygens (including phenoxy) is 2. The Labute approximate surface area is 178 Å². The topological polar surface area (TPSA) is 49.3 Å². The molecule has 0 spiro atoms. The van der Waals surface area contributed by atoms with Crippen molar-refractivity contribution in [2.24, 2.45) is 10.9 Å². The molecular formula is C19H41IN4O2. The largest absolute Gasteiger partial charge is 0.382 e. The zero-order valence-electron chi connectivity index (χ0n) is 17.7. The van der Waals surface area contributed by atoms with Gasteiger partial charge in [-0.2, -0.15) is 0 Å². The highest BCUT2D eigenvalue weighted by atomic mass is 127. The lowest BCUT2D eigenvalue weighted by Gasteiger charge is -2.30. The third kappa shape index (κ3) is 9.71. The van der Waals surface area contributed by atoms with Crippen LogP contribution in [-0.2, 0) is 9.47 Å². The highest BCUT2D eigenvalue weighted by molar-refractivity contribution is 14.0. The van der Waals surface area contributed by atoms with Crippen LogP contribution in [0.5, 0.6) is 0 Å². The summed E-state index contributed by atoms with van der Waals surface area (Å²) < 4.78 is 10.7. The highest BCUT2D eigenvalue weighted by Crippen LogP contribution is 2.16. The minimum Gasteiger partial charge on any atom is -0.382 e. The Balaban J connectivity index is 0.00000625. The molecule has 0 radical (unpaired) electrons. The average Bonchev–Trinajstić information content (AvgIpc) is 3.03. The predicted molar refractivity (Wildman–Crippen MR) is 121 cm³/mol. The first-order chi connectivity index (χ1) is 12.0.